The zero-order chi connectivity index (χ0) is 21.1. The Kier molecular flexibility index (Phi) is 5.45. The molecule has 2 amide bonds. The second-order valence-corrected chi connectivity index (χ2v) is 7.12. The number of hydrogen-bond acceptors (Lipinski definition) is 4. The van der Waals surface area contributed by atoms with Gasteiger partial charge in [-0.05, 0) is 49.4 Å². The molecule has 4 rings (SSSR count). The van der Waals surface area contributed by atoms with E-state index in [0.29, 0.717) is 22.2 Å². The Morgan fingerprint density at radius 3 is 2.60 bits per heavy atom. The maximum Gasteiger partial charge on any atom is 0.251 e. The van der Waals surface area contributed by atoms with Crippen LogP contribution in [0.4, 0.5) is 5.82 Å². The molecule has 0 saturated carbocycles. The highest BCUT2D eigenvalue weighted by Crippen LogP contribution is 2.19. The van der Waals surface area contributed by atoms with Gasteiger partial charge in [0, 0.05) is 22.0 Å². The molecule has 30 heavy (non-hydrogen) atoms. The number of halogens is 1. The minimum atomic E-state index is -0.376. The van der Waals surface area contributed by atoms with Gasteiger partial charge in [0.1, 0.15) is 5.82 Å². The Hall–Kier alpha value is -3.71. The van der Waals surface area contributed by atoms with E-state index in [4.69, 9.17) is 11.6 Å². The van der Waals surface area contributed by atoms with Crippen LogP contribution in [0.25, 0.3) is 16.7 Å². The average molecular weight is 420 g/mol. The number of carbonyl (C=O) groups is 2. The number of para-hydroxylation sites is 1. The van der Waals surface area contributed by atoms with E-state index in [2.05, 4.69) is 20.7 Å². The number of anilines is 1. The molecule has 0 aliphatic rings. The fourth-order valence-corrected chi connectivity index (χ4v) is 3.11. The minimum absolute atomic E-state index is 0.184. The first kappa shape index (κ1) is 19.6. The van der Waals surface area contributed by atoms with Gasteiger partial charge in [-0.1, -0.05) is 29.8 Å². The zero-order valence-electron chi connectivity index (χ0n) is 16.1. The molecule has 7 nitrogen and oxygen atoms in total. The van der Waals surface area contributed by atoms with Gasteiger partial charge in [0.15, 0.2) is 5.82 Å². The Morgan fingerprint density at radius 1 is 1.03 bits per heavy atom. The van der Waals surface area contributed by atoms with Crippen molar-refractivity contribution in [2.24, 2.45) is 0 Å². The number of rotatable bonds is 5. The number of carbonyl (C=O) groups excluding carboxylic acids is 2. The van der Waals surface area contributed by atoms with Crippen molar-refractivity contribution < 1.29 is 9.59 Å². The quantitative estimate of drug-likeness (QED) is 0.515. The van der Waals surface area contributed by atoms with Gasteiger partial charge in [-0.3, -0.25) is 9.59 Å². The molecule has 2 heterocycles. The summed E-state index contributed by atoms with van der Waals surface area (Å²) in [5, 5.41) is 11.4. The lowest BCUT2D eigenvalue weighted by Crippen LogP contribution is -2.33. The lowest BCUT2D eigenvalue weighted by atomic mass is 10.2. The standard InChI is InChI=1S/C22H18ClN5O2/c1-14-12-20(26-21(29)13-24-22(30)16-6-9-17(23)10-7-16)28(27-14)19-11-8-15-4-2-3-5-18(15)25-19/h2-12H,13H2,1H3,(H,24,30)(H,26,29). The van der Waals surface area contributed by atoms with Gasteiger partial charge in [0.25, 0.3) is 5.91 Å². The van der Waals surface area contributed by atoms with Crippen LogP contribution in [-0.4, -0.2) is 33.1 Å². The Bertz CT molecular complexity index is 1230. The molecule has 150 valence electrons. The van der Waals surface area contributed by atoms with E-state index in [1.807, 2.05) is 43.3 Å². The first-order valence-electron chi connectivity index (χ1n) is 9.26. The topological polar surface area (TPSA) is 88.9 Å². The molecule has 0 aliphatic carbocycles. The summed E-state index contributed by atoms with van der Waals surface area (Å²) in [5.74, 6) is 0.324. The Balaban J connectivity index is 1.47. The van der Waals surface area contributed by atoms with E-state index in [1.54, 1.807) is 35.0 Å². The zero-order valence-corrected chi connectivity index (χ0v) is 16.8. The van der Waals surface area contributed by atoms with E-state index >= 15 is 0 Å². The number of aromatic nitrogens is 3. The number of hydrogen-bond donors (Lipinski definition) is 2. The molecule has 0 bridgehead atoms. The smallest absolute Gasteiger partial charge is 0.251 e. The fourth-order valence-electron chi connectivity index (χ4n) is 2.99. The summed E-state index contributed by atoms with van der Waals surface area (Å²) in [5.41, 5.74) is 1.98. The molecule has 0 atom stereocenters. The molecule has 0 aliphatic heterocycles. The molecular formula is C22H18ClN5O2. The monoisotopic (exact) mass is 419 g/mol. The largest absolute Gasteiger partial charge is 0.343 e. The van der Waals surface area contributed by atoms with Crippen LogP contribution >= 0.6 is 11.6 Å². The summed E-state index contributed by atoms with van der Waals surface area (Å²) < 4.78 is 1.57. The maximum absolute atomic E-state index is 12.4. The van der Waals surface area contributed by atoms with Gasteiger partial charge in [-0.2, -0.15) is 9.78 Å². The van der Waals surface area contributed by atoms with Gasteiger partial charge >= 0.3 is 0 Å². The summed E-state index contributed by atoms with van der Waals surface area (Å²) in [4.78, 5) is 29.2. The molecule has 2 N–H and O–H groups in total. The summed E-state index contributed by atoms with van der Waals surface area (Å²) in [6.07, 6.45) is 0. The number of aryl methyl sites for hydroxylation is 1. The third-order valence-corrected chi connectivity index (χ3v) is 4.67. The summed E-state index contributed by atoms with van der Waals surface area (Å²) in [6.45, 7) is 1.65. The van der Waals surface area contributed by atoms with Crippen LogP contribution in [0, 0.1) is 6.92 Å². The number of pyridine rings is 1. The molecule has 0 saturated heterocycles. The summed E-state index contributed by atoms with van der Waals surface area (Å²) in [6, 6.07) is 19.7. The van der Waals surface area contributed by atoms with Crippen molar-refractivity contribution in [2.75, 3.05) is 11.9 Å². The molecule has 8 heteroatoms. The van der Waals surface area contributed by atoms with Crippen molar-refractivity contribution in [3.05, 3.63) is 83.0 Å². The second-order valence-electron chi connectivity index (χ2n) is 6.68. The molecule has 0 fully saturated rings. The highest BCUT2D eigenvalue weighted by Gasteiger charge is 2.14. The molecular weight excluding hydrogens is 402 g/mol. The predicted octanol–water partition coefficient (Wildman–Crippen LogP) is 3.75. The highest BCUT2D eigenvalue weighted by atomic mass is 35.5. The van der Waals surface area contributed by atoms with Crippen LogP contribution in [0.1, 0.15) is 16.1 Å². The number of benzene rings is 2. The Labute approximate surface area is 177 Å². The van der Waals surface area contributed by atoms with E-state index in [1.165, 1.54) is 0 Å². The average Bonchev–Trinajstić information content (AvgIpc) is 3.12. The third-order valence-electron chi connectivity index (χ3n) is 4.42. The maximum atomic E-state index is 12.4. The van der Waals surface area contributed by atoms with Crippen molar-refractivity contribution in [1.29, 1.82) is 0 Å². The van der Waals surface area contributed by atoms with E-state index in [-0.39, 0.29) is 18.4 Å². The first-order valence-corrected chi connectivity index (χ1v) is 9.64. The lowest BCUT2D eigenvalue weighted by molar-refractivity contribution is -0.115. The normalized spacial score (nSPS) is 10.7. The van der Waals surface area contributed by atoms with Gasteiger partial charge < -0.3 is 10.6 Å². The third kappa shape index (κ3) is 4.31. The predicted molar refractivity (Wildman–Crippen MR) is 116 cm³/mol. The van der Waals surface area contributed by atoms with Gasteiger partial charge in [-0.25, -0.2) is 4.98 Å². The molecule has 4 aromatic rings. The van der Waals surface area contributed by atoms with Crippen molar-refractivity contribution in [3.63, 3.8) is 0 Å². The van der Waals surface area contributed by atoms with E-state index in [0.717, 1.165) is 16.6 Å². The van der Waals surface area contributed by atoms with Gasteiger partial charge in [0.05, 0.1) is 17.8 Å². The van der Waals surface area contributed by atoms with Crippen molar-refractivity contribution >= 4 is 40.1 Å². The molecule has 2 aromatic heterocycles. The SMILES string of the molecule is Cc1cc(NC(=O)CNC(=O)c2ccc(Cl)cc2)n(-c2ccc3ccccc3n2)n1. The second kappa shape index (κ2) is 8.34. The first-order chi connectivity index (χ1) is 14.5. The van der Waals surface area contributed by atoms with Crippen LogP contribution in [-0.2, 0) is 4.79 Å². The van der Waals surface area contributed by atoms with Crippen LogP contribution in [0.5, 0.6) is 0 Å². The van der Waals surface area contributed by atoms with Crippen LogP contribution < -0.4 is 10.6 Å². The number of fused-ring (bicyclic) bond motifs is 1. The van der Waals surface area contributed by atoms with Crippen LogP contribution in [0.15, 0.2) is 66.7 Å². The fraction of sp³-hybridized carbons (Fsp3) is 0.0909. The molecule has 0 radical (unpaired) electrons. The van der Waals surface area contributed by atoms with Crippen LogP contribution in [0.2, 0.25) is 5.02 Å². The summed E-state index contributed by atoms with van der Waals surface area (Å²) in [7, 11) is 0. The number of nitrogens with zero attached hydrogens (tertiary/aromatic N) is 3. The minimum Gasteiger partial charge on any atom is -0.343 e. The van der Waals surface area contributed by atoms with Crippen LogP contribution in [0.3, 0.4) is 0 Å². The lowest BCUT2D eigenvalue weighted by Gasteiger charge is -2.10. The number of amides is 2. The van der Waals surface area contributed by atoms with Crippen molar-refractivity contribution in [2.45, 2.75) is 6.92 Å². The molecule has 0 spiro atoms. The van der Waals surface area contributed by atoms with Gasteiger partial charge in [0.2, 0.25) is 5.91 Å². The van der Waals surface area contributed by atoms with Gasteiger partial charge in [-0.15, -0.1) is 0 Å². The summed E-state index contributed by atoms with van der Waals surface area (Å²) >= 11 is 5.82. The van der Waals surface area contributed by atoms with E-state index in [9.17, 15) is 9.59 Å². The Morgan fingerprint density at radius 2 is 1.80 bits per heavy atom. The number of nitrogens with one attached hydrogen (secondary N) is 2. The van der Waals surface area contributed by atoms with Crippen molar-refractivity contribution in [1.82, 2.24) is 20.1 Å². The molecule has 0 unspecified atom stereocenters. The van der Waals surface area contributed by atoms with Crippen molar-refractivity contribution in [3.8, 4) is 5.82 Å². The highest BCUT2D eigenvalue weighted by molar-refractivity contribution is 6.30. The van der Waals surface area contributed by atoms with E-state index < -0.39 is 0 Å². The molecule has 2 aromatic carbocycles.